The van der Waals surface area contributed by atoms with E-state index in [-0.39, 0.29) is 11.8 Å². The largest absolute Gasteiger partial charge is 0.330 e. The van der Waals surface area contributed by atoms with Gasteiger partial charge in [0.1, 0.15) is 5.82 Å². The van der Waals surface area contributed by atoms with E-state index in [4.69, 9.17) is 5.73 Å². The van der Waals surface area contributed by atoms with Crippen molar-refractivity contribution in [3.05, 3.63) is 34.8 Å². The molecule has 21 heavy (non-hydrogen) atoms. The van der Waals surface area contributed by atoms with Gasteiger partial charge in [0.2, 0.25) is 5.91 Å². The second-order valence-electron chi connectivity index (χ2n) is 5.53. The summed E-state index contributed by atoms with van der Waals surface area (Å²) in [4.78, 5) is 16.9. The van der Waals surface area contributed by atoms with Crippen LogP contribution in [0.4, 0.5) is 5.82 Å². The molecule has 0 saturated heterocycles. The molecule has 1 aliphatic carbocycles. The van der Waals surface area contributed by atoms with Crippen LogP contribution >= 0.6 is 15.9 Å². The molecule has 0 unspecified atom stereocenters. The van der Waals surface area contributed by atoms with E-state index in [1.165, 1.54) is 0 Å². The Balaban J connectivity index is 1.81. The van der Waals surface area contributed by atoms with E-state index >= 15 is 0 Å². The van der Waals surface area contributed by atoms with Crippen LogP contribution in [0.1, 0.15) is 19.3 Å². The van der Waals surface area contributed by atoms with Crippen LogP contribution in [0.5, 0.6) is 0 Å². The van der Waals surface area contributed by atoms with Gasteiger partial charge in [-0.3, -0.25) is 4.79 Å². The van der Waals surface area contributed by atoms with Gasteiger partial charge in [-0.1, -0.05) is 18.6 Å². The van der Waals surface area contributed by atoms with Crippen LogP contribution in [0.3, 0.4) is 0 Å². The van der Waals surface area contributed by atoms with Crippen molar-refractivity contribution in [2.45, 2.75) is 19.3 Å². The molecule has 1 heterocycles. The molecule has 4 nitrogen and oxygen atoms in total. The first kappa shape index (κ1) is 14.5. The van der Waals surface area contributed by atoms with Crippen molar-refractivity contribution < 1.29 is 4.79 Å². The van der Waals surface area contributed by atoms with Gasteiger partial charge in [-0.15, -0.1) is 0 Å². The van der Waals surface area contributed by atoms with Crippen molar-refractivity contribution in [2.24, 2.45) is 17.6 Å². The van der Waals surface area contributed by atoms with Crippen molar-refractivity contribution in [3.8, 4) is 0 Å². The summed E-state index contributed by atoms with van der Waals surface area (Å²) >= 11 is 3.49. The number of nitrogens with two attached hydrogens (primary N) is 1. The number of rotatable bonds is 3. The highest BCUT2D eigenvalue weighted by atomic mass is 79.9. The fourth-order valence-corrected chi connectivity index (χ4v) is 3.53. The van der Waals surface area contributed by atoms with Gasteiger partial charge in [-0.2, -0.15) is 0 Å². The number of hydrogen-bond donors (Lipinski definition) is 2. The number of hydrogen-bond acceptors (Lipinski definition) is 3. The molecule has 3 rings (SSSR count). The second-order valence-corrected chi connectivity index (χ2v) is 6.38. The summed E-state index contributed by atoms with van der Waals surface area (Å²) in [5.41, 5.74) is 6.61. The molecule has 1 fully saturated rings. The molecule has 1 saturated carbocycles. The zero-order chi connectivity index (χ0) is 14.8. The Morgan fingerprint density at radius 1 is 1.33 bits per heavy atom. The number of anilines is 1. The maximum absolute atomic E-state index is 12.4. The third-order valence-electron chi connectivity index (χ3n) is 4.22. The van der Waals surface area contributed by atoms with Gasteiger partial charge in [0.15, 0.2) is 0 Å². The summed E-state index contributed by atoms with van der Waals surface area (Å²) < 4.78 is 0.928. The van der Waals surface area contributed by atoms with Crippen molar-refractivity contribution >= 4 is 38.6 Å². The number of para-hydroxylation sites is 1. The Kier molecular flexibility index (Phi) is 4.22. The molecule has 5 heteroatoms. The van der Waals surface area contributed by atoms with Gasteiger partial charge in [-0.25, -0.2) is 4.98 Å². The van der Waals surface area contributed by atoms with Crippen molar-refractivity contribution in [1.82, 2.24) is 4.98 Å². The van der Waals surface area contributed by atoms with E-state index in [1.807, 2.05) is 30.3 Å². The minimum absolute atomic E-state index is 0.0201. The van der Waals surface area contributed by atoms with Crippen LogP contribution in [0.25, 0.3) is 10.9 Å². The van der Waals surface area contributed by atoms with E-state index < -0.39 is 0 Å². The van der Waals surface area contributed by atoms with Crippen LogP contribution in [0.15, 0.2) is 34.8 Å². The first-order valence-corrected chi connectivity index (χ1v) is 8.04. The van der Waals surface area contributed by atoms with E-state index in [1.54, 1.807) is 0 Å². The van der Waals surface area contributed by atoms with Crippen LogP contribution in [0, 0.1) is 11.8 Å². The zero-order valence-corrected chi connectivity index (χ0v) is 13.3. The summed E-state index contributed by atoms with van der Waals surface area (Å²) in [7, 11) is 0. The van der Waals surface area contributed by atoms with Gasteiger partial charge >= 0.3 is 0 Å². The molecule has 0 spiro atoms. The highest BCUT2D eigenvalue weighted by Crippen LogP contribution is 2.32. The van der Waals surface area contributed by atoms with Gasteiger partial charge < -0.3 is 11.1 Å². The standard InChI is InChI=1S/C16H18BrN3O/c17-13-6-2-3-10-7-8-14(19-15(10)13)20-16(21)12-5-1-4-11(12)9-18/h2-3,6-8,11-12H,1,4-5,9,18H2,(H,19,20,21)/t11-,12-/m1/s1. The molecule has 0 radical (unpaired) electrons. The Hall–Kier alpha value is -1.46. The summed E-state index contributed by atoms with van der Waals surface area (Å²) in [6.45, 7) is 0.578. The third-order valence-corrected chi connectivity index (χ3v) is 4.86. The molecule has 1 amide bonds. The lowest BCUT2D eigenvalue weighted by molar-refractivity contribution is -0.120. The molecule has 110 valence electrons. The monoisotopic (exact) mass is 347 g/mol. The molecule has 1 aromatic carbocycles. The maximum Gasteiger partial charge on any atom is 0.228 e. The number of aromatic nitrogens is 1. The van der Waals surface area contributed by atoms with Crippen LogP contribution in [-0.4, -0.2) is 17.4 Å². The Morgan fingerprint density at radius 3 is 3.00 bits per heavy atom. The molecule has 0 aliphatic heterocycles. The summed E-state index contributed by atoms with van der Waals surface area (Å²) in [5, 5.41) is 3.99. The molecular weight excluding hydrogens is 330 g/mol. The van der Waals surface area contributed by atoms with Gasteiger partial charge in [0.25, 0.3) is 0 Å². The molecule has 1 aliphatic rings. The van der Waals surface area contributed by atoms with Crippen molar-refractivity contribution in [3.63, 3.8) is 0 Å². The average molecular weight is 348 g/mol. The highest BCUT2D eigenvalue weighted by molar-refractivity contribution is 9.10. The number of amides is 1. The van der Waals surface area contributed by atoms with Crippen LogP contribution in [-0.2, 0) is 4.79 Å². The lowest BCUT2D eigenvalue weighted by atomic mass is 9.95. The van der Waals surface area contributed by atoms with Crippen molar-refractivity contribution in [2.75, 3.05) is 11.9 Å². The third kappa shape index (κ3) is 2.94. The van der Waals surface area contributed by atoms with E-state index in [9.17, 15) is 4.79 Å². The van der Waals surface area contributed by atoms with Crippen molar-refractivity contribution in [1.29, 1.82) is 0 Å². The number of halogens is 1. The maximum atomic E-state index is 12.4. The Bertz CT molecular complexity index is 674. The fourth-order valence-electron chi connectivity index (χ4n) is 3.06. The molecule has 0 bridgehead atoms. The smallest absolute Gasteiger partial charge is 0.228 e. The molecular formula is C16H18BrN3O. The fraction of sp³-hybridized carbons (Fsp3) is 0.375. The van der Waals surface area contributed by atoms with Gasteiger partial charge in [0.05, 0.1) is 5.52 Å². The van der Waals surface area contributed by atoms with E-state index in [0.717, 1.165) is 34.6 Å². The summed E-state index contributed by atoms with van der Waals surface area (Å²) in [6.07, 6.45) is 3.05. The normalized spacial score (nSPS) is 21.6. The second kappa shape index (κ2) is 6.12. The van der Waals surface area contributed by atoms with Crippen LogP contribution < -0.4 is 11.1 Å². The minimum atomic E-state index is 0.0201. The number of nitrogens with zero attached hydrogens (tertiary/aromatic N) is 1. The van der Waals surface area contributed by atoms with Gasteiger partial charge in [0, 0.05) is 15.8 Å². The lowest BCUT2D eigenvalue weighted by Gasteiger charge is -2.17. The number of benzene rings is 1. The van der Waals surface area contributed by atoms with Crippen LogP contribution in [0.2, 0.25) is 0 Å². The predicted octanol–water partition coefficient (Wildman–Crippen LogP) is 3.31. The number of nitrogens with one attached hydrogen (secondary N) is 1. The first-order valence-electron chi connectivity index (χ1n) is 7.25. The number of fused-ring (bicyclic) bond motifs is 1. The number of carbonyl (C=O) groups excluding carboxylic acids is 1. The number of carbonyl (C=O) groups is 1. The summed E-state index contributed by atoms with van der Waals surface area (Å²) in [6, 6.07) is 9.73. The van der Waals surface area contributed by atoms with E-state index in [0.29, 0.717) is 18.3 Å². The zero-order valence-electron chi connectivity index (χ0n) is 11.7. The molecule has 2 atom stereocenters. The Morgan fingerprint density at radius 2 is 2.19 bits per heavy atom. The predicted molar refractivity (Wildman–Crippen MR) is 88.0 cm³/mol. The Labute approximate surface area is 132 Å². The molecule has 3 N–H and O–H groups in total. The minimum Gasteiger partial charge on any atom is -0.330 e. The number of pyridine rings is 1. The highest BCUT2D eigenvalue weighted by Gasteiger charge is 2.32. The first-order chi connectivity index (χ1) is 10.2. The lowest BCUT2D eigenvalue weighted by Crippen LogP contribution is -2.30. The quantitative estimate of drug-likeness (QED) is 0.894. The van der Waals surface area contributed by atoms with E-state index in [2.05, 4.69) is 26.2 Å². The average Bonchev–Trinajstić information content (AvgIpc) is 2.97. The summed E-state index contributed by atoms with van der Waals surface area (Å²) in [5.74, 6) is 0.966. The van der Waals surface area contributed by atoms with Gasteiger partial charge in [-0.05, 0) is 59.4 Å². The molecule has 2 aromatic rings. The SMILES string of the molecule is NC[C@H]1CCC[C@H]1C(=O)Nc1ccc2cccc(Br)c2n1. The topological polar surface area (TPSA) is 68.0 Å². The molecule has 1 aromatic heterocycles.